The number of esters is 1. The average Bonchev–Trinajstić information content (AvgIpc) is 2.71. The molecular formula is C22H25NO5. The zero-order valence-electron chi connectivity index (χ0n) is 16.2. The highest BCUT2D eigenvalue weighted by Crippen LogP contribution is 2.17. The van der Waals surface area contributed by atoms with Crippen LogP contribution >= 0.6 is 0 Å². The summed E-state index contributed by atoms with van der Waals surface area (Å²) in [6.45, 7) is 5.99. The molecule has 28 heavy (non-hydrogen) atoms. The van der Waals surface area contributed by atoms with Gasteiger partial charge in [0.1, 0.15) is 11.5 Å². The summed E-state index contributed by atoms with van der Waals surface area (Å²) < 4.78 is 15.7. The standard InChI is InChI=1S/C22H25NO5/c1-16(2)22(25)28-15-5-4-14-27-20-10-6-17(7-11-20)21(24)23-18-8-12-19(26-3)13-9-18/h6-13H,1,4-5,14-15H2,2-3H3,(H,23,24). The number of nitrogens with one attached hydrogen (secondary N) is 1. The highest BCUT2D eigenvalue weighted by atomic mass is 16.5. The summed E-state index contributed by atoms with van der Waals surface area (Å²) in [5.41, 5.74) is 1.63. The predicted molar refractivity (Wildman–Crippen MR) is 108 cm³/mol. The molecule has 0 spiro atoms. The summed E-state index contributed by atoms with van der Waals surface area (Å²) in [5, 5.41) is 2.83. The van der Waals surface area contributed by atoms with Crippen molar-refractivity contribution in [2.75, 3.05) is 25.6 Å². The topological polar surface area (TPSA) is 73.9 Å². The maximum Gasteiger partial charge on any atom is 0.333 e. The van der Waals surface area contributed by atoms with Crippen molar-refractivity contribution in [3.8, 4) is 11.5 Å². The zero-order valence-corrected chi connectivity index (χ0v) is 16.2. The van der Waals surface area contributed by atoms with Crippen LogP contribution in [0.5, 0.6) is 11.5 Å². The third kappa shape index (κ3) is 6.79. The Bertz CT molecular complexity index is 797. The fourth-order valence-electron chi connectivity index (χ4n) is 2.26. The molecule has 6 nitrogen and oxygen atoms in total. The quantitative estimate of drug-likeness (QED) is 0.378. The van der Waals surface area contributed by atoms with Crippen LogP contribution in [0.3, 0.4) is 0 Å². The van der Waals surface area contributed by atoms with Crippen LogP contribution < -0.4 is 14.8 Å². The highest BCUT2D eigenvalue weighted by molar-refractivity contribution is 6.04. The third-order valence-corrected chi connectivity index (χ3v) is 3.85. The van der Waals surface area contributed by atoms with Crippen LogP contribution in [0.2, 0.25) is 0 Å². The maximum atomic E-state index is 12.3. The van der Waals surface area contributed by atoms with Gasteiger partial charge in [0.25, 0.3) is 5.91 Å². The fraction of sp³-hybridized carbons (Fsp3) is 0.273. The number of benzene rings is 2. The molecule has 0 aliphatic heterocycles. The van der Waals surface area contributed by atoms with Gasteiger partial charge >= 0.3 is 5.97 Å². The van der Waals surface area contributed by atoms with Crippen molar-refractivity contribution in [2.45, 2.75) is 19.8 Å². The van der Waals surface area contributed by atoms with E-state index in [0.29, 0.717) is 42.2 Å². The molecule has 0 saturated heterocycles. The summed E-state index contributed by atoms with van der Waals surface area (Å²) in [4.78, 5) is 23.5. The van der Waals surface area contributed by atoms with E-state index in [1.807, 2.05) is 0 Å². The van der Waals surface area contributed by atoms with Crippen LogP contribution in [0.15, 0.2) is 60.7 Å². The van der Waals surface area contributed by atoms with Crippen LogP contribution in [-0.4, -0.2) is 32.2 Å². The highest BCUT2D eigenvalue weighted by Gasteiger charge is 2.07. The van der Waals surface area contributed by atoms with E-state index in [-0.39, 0.29) is 11.9 Å². The second-order valence-corrected chi connectivity index (χ2v) is 6.18. The van der Waals surface area contributed by atoms with Crippen LogP contribution in [-0.2, 0) is 9.53 Å². The van der Waals surface area contributed by atoms with E-state index in [0.717, 1.165) is 12.2 Å². The van der Waals surface area contributed by atoms with Gasteiger partial charge in [-0.1, -0.05) is 6.58 Å². The molecular weight excluding hydrogens is 358 g/mol. The molecule has 0 fully saturated rings. The lowest BCUT2D eigenvalue weighted by atomic mass is 10.2. The van der Waals surface area contributed by atoms with Gasteiger partial charge in [-0.3, -0.25) is 4.79 Å². The van der Waals surface area contributed by atoms with Crippen molar-refractivity contribution < 1.29 is 23.8 Å². The summed E-state index contributed by atoms with van der Waals surface area (Å²) in [7, 11) is 1.59. The van der Waals surface area contributed by atoms with Gasteiger partial charge in [0.15, 0.2) is 0 Å². The molecule has 2 aromatic carbocycles. The average molecular weight is 383 g/mol. The number of ether oxygens (including phenoxy) is 3. The van der Waals surface area contributed by atoms with Crippen molar-refractivity contribution in [3.05, 3.63) is 66.2 Å². The first-order valence-electron chi connectivity index (χ1n) is 9.00. The molecule has 0 aliphatic carbocycles. The number of hydrogen-bond donors (Lipinski definition) is 1. The van der Waals surface area contributed by atoms with Gasteiger partial charge in [0.05, 0.1) is 20.3 Å². The fourth-order valence-corrected chi connectivity index (χ4v) is 2.26. The minimum atomic E-state index is -0.371. The second kappa shape index (κ2) is 10.8. The molecule has 2 rings (SSSR count). The van der Waals surface area contributed by atoms with Crippen molar-refractivity contribution in [3.63, 3.8) is 0 Å². The number of amides is 1. The molecule has 0 atom stereocenters. The zero-order chi connectivity index (χ0) is 20.4. The summed E-state index contributed by atoms with van der Waals surface area (Å²) >= 11 is 0. The number of anilines is 1. The van der Waals surface area contributed by atoms with Crippen LogP contribution in [0.1, 0.15) is 30.1 Å². The Morgan fingerprint density at radius 3 is 2.14 bits per heavy atom. The van der Waals surface area contributed by atoms with Gasteiger partial charge < -0.3 is 19.5 Å². The Balaban J connectivity index is 1.72. The lowest BCUT2D eigenvalue weighted by molar-refractivity contribution is -0.139. The Kier molecular flexibility index (Phi) is 8.09. The Hall–Kier alpha value is -3.28. The molecule has 1 N–H and O–H groups in total. The van der Waals surface area contributed by atoms with Gasteiger partial charge in [0, 0.05) is 16.8 Å². The van der Waals surface area contributed by atoms with Gasteiger partial charge in [-0.05, 0) is 68.3 Å². The molecule has 0 bridgehead atoms. The second-order valence-electron chi connectivity index (χ2n) is 6.18. The van der Waals surface area contributed by atoms with Crippen molar-refractivity contribution in [2.24, 2.45) is 0 Å². The van der Waals surface area contributed by atoms with Crippen molar-refractivity contribution >= 4 is 17.6 Å². The molecule has 6 heteroatoms. The Morgan fingerprint density at radius 1 is 0.929 bits per heavy atom. The van der Waals surface area contributed by atoms with E-state index in [1.54, 1.807) is 62.6 Å². The monoisotopic (exact) mass is 383 g/mol. The van der Waals surface area contributed by atoms with Gasteiger partial charge in [-0.2, -0.15) is 0 Å². The number of carbonyl (C=O) groups is 2. The number of unbranched alkanes of at least 4 members (excludes halogenated alkanes) is 1. The van der Waals surface area contributed by atoms with Crippen LogP contribution in [0.25, 0.3) is 0 Å². The van der Waals surface area contributed by atoms with E-state index < -0.39 is 0 Å². The SMILES string of the molecule is C=C(C)C(=O)OCCCCOc1ccc(C(=O)Nc2ccc(OC)cc2)cc1. The van der Waals surface area contributed by atoms with Gasteiger partial charge in [-0.25, -0.2) is 4.79 Å². The number of rotatable bonds is 10. The molecule has 0 aromatic heterocycles. The first-order valence-corrected chi connectivity index (χ1v) is 9.00. The van der Waals surface area contributed by atoms with E-state index >= 15 is 0 Å². The summed E-state index contributed by atoms with van der Waals surface area (Å²) in [6, 6.07) is 14.1. The first-order chi connectivity index (χ1) is 13.5. The number of hydrogen-bond acceptors (Lipinski definition) is 5. The Morgan fingerprint density at radius 2 is 1.54 bits per heavy atom. The van der Waals surface area contributed by atoms with Crippen molar-refractivity contribution in [1.82, 2.24) is 0 Å². The number of methoxy groups -OCH3 is 1. The van der Waals surface area contributed by atoms with Crippen LogP contribution in [0.4, 0.5) is 5.69 Å². The molecule has 0 radical (unpaired) electrons. The molecule has 0 unspecified atom stereocenters. The molecule has 148 valence electrons. The molecule has 2 aromatic rings. The summed E-state index contributed by atoms with van der Waals surface area (Å²) in [6.07, 6.45) is 1.46. The minimum absolute atomic E-state index is 0.198. The smallest absolute Gasteiger partial charge is 0.333 e. The largest absolute Gasteiger partial charge is 0.497 e. The lowest BCUT2D eigenvalue weighted by Gasteiger charge is -2.09. The van der Waals surface area contributed by atoms with Crippen molar-refractivity contribution in [1.29, 1.82) is 0 Å². The van der Waals surface area contributed by atoms with E-state index in [1.165, 1.54) is 0 Å². The van der Waals surface area contributed by atoms with E-state index in [9.17, 15) is 9.59 Å². The van der Waals surface area contributed by atoms with Gasteiger partial charge in [0.2, 0.25) is 0 Å². The van der Waals surface area contributed by atoms with Crippen LogP contribution in [0, 0.1) is 0 Å². The molecule has 0 saturated carbocycles. The molecule has 0 heterocycles. The normalized spacial score (nSPS) is 10.1. The third-order valence-electron chi connectivity index (χ3n) is 3.85. The maximum absolute atomic E-state index is 12.3. The van der Waals surface area contributed by atoms with E-state index in [2.05, 4.69) is 11.9 Å². The minimum Gasteiger partial charge on any atom is -0.497 e. The van der Waals surface area contributed by atoms with E-state index in [4.69, 9.17) is 14.2 Å². The Labute approximate surface area is 165 Å². The summed E-state index contributed by atoms with van der Waals surface area (Å²) in [5.74, 6) is 0.842. The lowest BCUT2D eigenvalue weighted by Crippen LogP contribution is -2.11. The number of carbonyl (C=O) groups excluding carboxylic acids is 2. The predicted octanol–water partition coefficient (Wildman–Crippen LogP) is 4.23. The first kappa shape index (κ1) is 21.0. The molecule has 1 amide bonds. The molecule has 0 aliphatic rings. The van der Waals surface area contributed by atoms with Gasteiger partial charge in [-0.15, -0.1) is 0 Å².